The molecule has 1 saturated carbocycles. The van der Waals surface area contributed by atoms with Crippen molar-refractivity contribution in [2.24, 2.45) is 18.7 Å². The Balaban J connectivity index is 2.44. The summed E-state index contributed by atoms with van der Waals surface area (Å²) >= 11 is 0. The first kappa shape index (κ1) is 14.9. The summed E-state index contributed by atoms with van der Waals surface area (Å²) < 4.78 is 1.90. The number of aryl methyl sites for hydroxylation is 2. The van der Waals surface area contributed by atoms with Crippen molar-refractivity contribution >= 4 is 11.7 Å². The Bertz CT molecular complexity index is 483. The maximum absolute atomic E-state index is 7.87. The molecule has 112 valence electrons. The number of nitrogen functional groups attached to an aromatic ring is 1. The van der Waals surface area contributed by atoms with E-state index in [1.165, 1.54) is 25.7 Å². The van der Waals surface area contributed by atoms with Crippen LogP contribution in [0.3, 0.4) is 0 Å². The highest BCUT2D eigenvalue weighted by atomic mass is 15.4. The molecule has 0 saturated heterocycles. The zero-order chi connectivity index (χ0) is 14.9. The fourth-order valence-electron chi connectivity index (χ4n) is 3.31. The van der Waals surface area contributed by atoms with E-state index < -0.39 is 0 Å². The average molecular weight is 277 g/mol. The van der Waals surface area contributed by atoms with E-state index in [-0.39, 0.29) is 5.84 Å². The molecule has 0 amide bonds. The molecule has 0 unspecified atom stereocenters. The maximum Gasteiger partial charge on any atom is 0.138 e. The Morgan fingerprint density at radius 1 is 1.45 bits per heavy atom. The molecular formula is C15H27N5. The van der Waals surface area contributed by atoms with Crippen molar-refractivity contribution in [1.29, 1.82) is 5.41 Å². The second kappa shape index (κ2) is 5.85. The summed E-state index contributed by atoms with van der Waals surface area (Å²) in [5, 5.41) is 12.4. The minimum atomic E-state index is 0.123. The first-order valence-corrected chi connectivity index (χ1v) is 7.56. The van der Waals surface area contributed by atoms with Gasteiger partial charge in [0.15, 0.2) is 0 Å². The summed E-state index contributed by atoms with van der Waals surface area (Å²) in [6.45, 7) is 7.39. The Kier molecular flexibility index (Phi) is 4.35. The first-order valence-electron chi connectivity index (χ1n) is 7.56. The fourth-order valence-corrected chi connectivity index (χ4v) is 3.31. The predicted octanol–water partition coefficient (Wildman–Crippen LogP) is 2.42. The molecule has 1 aromatic rings. The van der Waals surface area contributed by atoms with Crippen LogP contribution < -0.4 is 10.6 Å². The van der Waals surface area contributed by atoms with Crippen molar-refractivity contribution in [1.82, 2.24) is 9.78 Å². The van der Waals surface area contributed by atoms with Crippen LogP contribution in [0.5, 0.6) is 0 Å². The first-order chi connectivity index (χ1) is 9.41. The molecule has 5 heteroatoms. The largest absolute Gasteiger partial charge is 0.384 e. The van der Waals surface area contributed by atoms with Gasteiger partial charge in [0.05, 0.1) is 11.3 Å². The number of hydrogen-bond acceptors (Lipinski definition) is 3. The third-order valence-corrected chi connectivity index (χ3v) is 4.06. The number of nitrogens with two attached hydrogens (primary N) is 1. The van der Waals surface area contributed by atoms with E-state index in [9.17, 15) is 0 Å². The average Bonchev–Trinajstić information content (AvgIpc) is 2.93. The lowest BCUT2D eigenvalue weighted by atomic mass is 10.1. The van der Waals surface area contributed by atoms with Gasteiger partial charge in [-0.3, -0.25) is 10.1 Å². The third kappa shape index (κ3) is 2.81. The van der Waals surface area contributed by atoms with E-state index in [4.69, 9.17) is 11.1 Å². The van der Waals surface area contributed by atoms with Crippen LogP contribution in [0.4, 0.5) is 5.82 Å². The lowest BCUT2D eigenvalue weighted by Gasteiger charge is -2.33. The number of nitrogens with zero attached hydrogens (tertiary/aromatic N) is 3. The third-order valence-electron chi connectivity index (χ3n) is 4.06. The Hall–Kier alpha value is -1.52. The van der Waals surface area contributed by atoms with Crippen LogP contribution in [0, 0.1) is 18.3 Å². The molecule has 1 aromatic heterocycles. The Labute approximate surface area is 121 Å². The van der Waals surface area contributed by atoms with Gasteiger partial charge in [0.1, 0.15) is 11.7 Å². The molecule has 20 heavy (non-hydrogen) atoms. The molecule has 5 nitrogen and oxygen atoms in total. The van der Waals surface area contributed by atoms with E-state index >= 15 is 0 Å². The predicted molar refractivity (Wildman–Crippen MR) is 83.4 cm³/mol. The molecule has 0 bridgehead atoms. The van der Waals surface area contributed by atoms with Gasteiger partial charge in [-0.25, -0.2) is 0 Å². The number of hydrogen-bond donors (Lipinski definition) is 2. The van der Waals surface area contributed by atoms with Crippen molar-refractivity contribution < 1.29 is 0 Å². The zero-order valence-corrected chi connectivity index (χ0v) is 13.1. The number of nitrogens with one attached hydrogen (secondary N) is 1. The second-order valence-electron chi connectivity index (χ2n) is 6.31. The molecule has 1 fully saturated rings. The normalized spacial score (nSPS) is 16.1. The van der Waals surface area contributed by atoms with Crippen LogP contribution in [0.25, 0.3) is 0 Å². The summed E-state index contributed by atoms with van der Waals surface area (Å²) in [4.78, 5) is 2.44. The molecule has 0 spiro atoms. The highest BCUT2D eigenvalue weighted by Gasteiger charge is 2.29. The quantitative estimate of drug-likeness (QED) is 0.641. The SMILES string of the molecule is Cc1nn(C)c(N(CC(C)C)C2CCCC2)c1C(=N)N. The van der Waals surface area contributed by atoms with Gasteiger partial charge in [-0.2, -0.15) is 5.10 Å². The Morgan fingerprint density at radius 3 is 2.55 bits per heavy atom. The highest BCUT2D eigenvalue weighted by Crippen LogP contribution is 2.32. The zero-order valence-electron chi connectivity index (χ0n) is 13.1. The summed E-state index contributed by atoms with van der Waals surface area (Å²) in [5.74, 6) is 1.72. The van der Waals surface area contributed by atoms with E-state index in [1.807, 2.05) is 18.7 Å². The number of amidine groups is 1. The van der Waals surface area contributed by atoms with Crippen LogP contribution >= 0.6 is 0 Å². The number of rotatable bonds is 5. The summed E-state index contributed by atoms with van der Waals surface area (Å²) in [7, 11) is 1.96. The van der Waals surface area contributed by atoms with Gasteiger partial charge >= 0.3 is 0 Å². The summed E-state index contributed by atoms with van der Waals surface area (Å²) in [6.07, 6.45) is 5.06. The molecule has 1 aliphatic carbocycles. The molecular weight excluding hydrogens is 250 g/mol. The van der Waals surface area contributed by atoms with E-state index in [2.05, 4.69) is 23.8 Å². The van der Waals surface area contributed by atoms with Crippen LogP contribution in [-0.4, -0.2) is 28.2 Å². The van der Waals surface area contributed by atoms with E-state index in [0.717, 1.165) is 23.6 Å². The topological polar surface area (TPSA) is 70.9 Å². The lowest BCUT2D eigenvalue weighted by Crippen LogP contribution is -2.39. The standard InChI is InChI=1S/C15H27N5/c1-10(2)9-20(12-7-5-6-8-12)15-13(14(16)17)11(3)18-19(15)4/h10,12H,5-9H2,1-4H3,(H3,16,17). The van der Waals surface area contributed by atoms with Gasteiger partial charge in [0, 0.05) is 19.6 Å². The van der Waals surface area contributed by atoms with Crippen LogP contribution in [0.15, 0.2) is 0 Å². The van der Waals surface area contributed by atoms with E-state index in [1.54, 1.807) is 0 Å². The minimum Gasteiger partial charge on any atom is -0.384 e. The van der Waals surface area contributed by atoms with Gasteiger partial charge in [-0.1, -0.05) is 26.7 Å². The molecule has 1 aliphatic rings. The fraction of sp³-hybridized carbons (Fsp3) is 0.733. The molecule has 0 radical (unpaired) electrons. The number of anilines is 1. The van der Waals surface area contributed by atoms with Gasteiger partial charge < -0.3 is 10.6 Å². The van der Waals surface area contributed by atoms with Gasteiger partial charge in [-0.05, 0) is 25.7 Å². The van der Waals surface area contributed by atoms with Crippen molar-refractivity contribution in [2.45, 2.75) is 52.5 Å². The molecule has 0 atom stereocenters. The molecule has 0 aliphatic heterocycles. The van der Waals surface area contributed by atoms with Crippen LogP contribution in [0.2, 0.25) is 0 Å². The summed E-state index contributed by atoms with van der Waals surface area (Å²) in [6, 6.07) is 0.560. The lowest BCUT2D eigenvalue weighted by molar-refractivity contribution is 0.520. The van der Waals surface area contributed by atoms with Crippen molar-refractivity contribution in [3.63, 3.8) is 0 Å². The van der Waals surface area contributed by atoms with Gasteiger partial charge in [0.2, 0.25) is 0 Å². The molecule has 1 heterocycles. The van der Waals surface area contributed by atoms with Crippen LogP contribution in [-0.2, 0) is 7.05 Å². The highest BCUT2D eigenvalue weighted by molar-refractivity contribution is 6.01. The van der Waals surface area contributed by atoms with Gasteiger partial charge in [0.25, 0.3) is 0 Å². The molecule has 0 aromatic carbocycles. The smallest absolute Gasteiger partial charge is 0.138 e. The van der Waals surface area contributed by atoms with Crippen LogP contribution in [0.1, 0.15) is 50.8 Å². The molecule has 3 N–H and O–H groups in total. The molecule has 2 rings (SSSR count). The number of aromatic nitrogens is 2. The van der Waals surface area contributed by atoms with Crippen molar-refractivity contribution in [3.8, 4) is 0 Å². The minimum absolute atomic E-state index is 0.123. The second-order valence-corrected chi connectivity index (χ2v) is 6.31. The van der Waals surface area contributed by atoms with E-state index in [0.29, 0.717) is 12.0 Å². The monoisotopic (exact) mass is 277 g/mol. The van der Waals surface area contributed by atoms with Crippen molar-refractivity contribution in [3.05, 3.63) is 11.3 Å². The van der Waals surface area contributed by atoms with Gasteiger partial charge in [-0.15, -0.1) is 0 Å². The summed E-state index contributed by atoms with van der Waals surface area (Å²) in [5.41, 5.74) is 7.45. The van der Waals surface area contributed by atoms with Crippen molar-refractivity contribution in [2.75, 3.05) is 11.4 Å². The maximum atomic E-state index is 7.87. The Morgan fingerprint density at radius 2 is 2.05 bits per heavy atom.